The Balaban J connectivity index is 2.02. The maximum atomic E-state index is 12.2. The van der Waals surface area contributed by atoms with Gasteiger partial charge < -0.3 is 14.6 Å². The summed E-state index contributed by atoms with van der Waals surface area (Å²) in [5.74, 6) is -1.29. The van der Waals surface area contributed by atoms with Crippen LogP contribution in [0.3, 0.4) is 0 Å². The molecule has 1 aliphatic heterocycles. The van der Waals surface area contributed by atoms with Crippen molar-refractivity contribution < 1.29 is 14.7 Å². The molecule has 1 saturated carbocycles. The number of aliphatic carboxylic acids is 1. The Kier molecular flexibility index (Phi) is 2.80. The van der Waals surface area contributed by atoms with Crippen molar-refractivity contribution in [1.29, 1.82) is 0 Å². The highest BCUT2D eigenvalue weighted by molar-refractivity contribution is 5.82. The second kappa shape index (κ2) is 4.36. The number of amides is 1. The molecule has 6 heteroatoms. The third kappa shape index (κ3) is 2.01. The lowest BCUT2D eigenvalue weighted by Crippen LogP contribution is -2.47. The largest absolute Gasteiger partial charge is 0.481 e. The molecule has 2 atom stereocenters. The monoisotopic (exact) mass is 263 g/mol. The summed E-state index contributed by atoms with van der Waals surface area (Å²) in [4.78, 5) is 29.5. The molecule has 1 N–H and O–H groups in total. The lowest BCUT2D eigenvalue weighted by molar-refractivity contribution is -0.152. The molecule has 102 valence electrons. The average Bonchev–Trinajstić information content (AvgIpc) is 3.10. The summed E-state index contributed by atoms with van der Waals surface area (Å²) in [5, 5.41) is 9.44. The molecule has 0 unspecified atom stereocenters. The molecule has 0 spiro atoms. The molecule has 1 aromatic heterocycles. The molecule has 0 aromatic carbocycles. The number of hydrogen-bond acceptors (Lipinski definition) is 3. The number of nitrogens with zero attached hydrogens (tertiary/aromatic N) is 3. The third-order valence-corrected chi connectivity index (χ3v) is 4.05. The van der Waals surface area contributed by atoms with Crippen LogP contribution in [0.1, 0.15) is 37.4 Å². The van der Waals surface area contributed by atoms with E-state index in [1.54, 1.807) is 17.4 Å². The fraction of sp³-hybridized carbons (Fsp3) is 0.615. The van der Waals surface area contributed by atoms with Gasteiger partial charge in [0.25, 0.3) is 0 Å². The number of carbonyl (C=O) groups is 2. The lowest BCUT2D eigenvalue weighted by atomic mass is 9.86. The molecule has 2 heterocycles. The molecule has 0 radical (unpaired) electrons. The summed E-state index contributed by atoms with van der Waals surface area (Å²) in [6, 6.07) is -0.159. The van der Waals surface area contributed by atoms with E-state index in [1.165, 1.54) is 0 Å². The van der Waals surface area contributed by atoms with Crippen molar-refractivity contribution in [2.24, 2.45) is 13.0 Å². The van der Waals surface area contributed by atoms with Gasteiger partial charge in [0, 0.05) is 19.5 Å². The molecule has 2 fully saturated rings. The van der Waals surface area contributed by atoms with Gasteiger partial charge in [-0.1, -0.05) is 0 Å². The zero-order valence-corrected chi connectivity index (χ0v) is 10.8. The summed E-state index contributed by atoms with van der Waals surface area (Å²) in [6.45, 7) is 0. The van der Waals surface area contributed by atoms with Crippen LogP contribution < -0.4 is 0 Å². The van der Waals surface area contributed by atoms with Crippen molar-refractivity contribution in [2.75, 3.05) is 0 Å². The summed E-state index contributed by atoms with van der Waals surface area (Å²) in [6.07, 6.45) is 6.03. The van der Waals surface area contributed by atoms with Gasteiger partial charge in [-0.2, -0.15) is 0 Å². The Morgan fingerprint density at radius 1 is 1.42 bits per heavy atom. The van der Waals surface area contributed by atoms with E-state index in [0.29, 0.717) is 12.8 Å². The number of carbonyl (C=O) groups excluding carboxylic acids is 1. The second-order valence-electron chi connectivity index (χ2n) is 5.39. The lowest BCUT2D eigenvalue weighted by Gasteiger charge is -2.39. The molecule has 1 aromatic rings. The number of hydrogen-bond donors (Lipinski definition) is 1. The molecular formula is C13H17N3O3. The maximum Gasteiger partial charge on any atom is 0.309 e. The fourth-order valence-electron chi connectivity index (χ4n) is 2.96. The zero-order chi connectivity index (χ0) is 13.6. The number of imidazole rings is 1. The van der Waals surface area contributed by atoms with E-state index in [1.807, 2.05) is 11.6 Å². The predicted octanol–water partition coefficient (Wildman–Crippen LogP) is 0.947. The molecule has 3 rings (SSSR count). The van der Waals surface area contributed by atoms with E-state index in [-0.39, 0.29) is 18.0 Å². The van der Waals surface area contributed by atoms with Gasteiger partial charge in [-0.25, -0.2) is 4.98 Å². The Bertz CT molecular complexity index is 521. The molecule has 6 nitrogen and oxygen atoms in total. The smallest absolute Gasteiger partial charge is 0.309 e. The molecule has 19 heavy (non-hydrogen) atoms. The normalized spacial score (nSPS) is 27.6. The van der Waals surface area contributed by atoms with Gasteiger partial charge in [0.05, 0.1) is 30.2 Å². The minimum Gasteiger partial charge on any atom is -0.481 e. The van der Waals surface area contributed by atoms with Gasteiger partial charge in [0.1, 0.15) is 0 Å². The van der Waals surface area contributed by atoms with Gasteiger partial charge in [0.15, 0.2) is 0 Å². The van der Waals surface area contributed by atoms with Crippen LogP contribution in [0.4, 0.5) is 0 Å². The van der Waals surface area contributed by atoms with Crippen molar-refractivity contribution >= 4 is 11.9 Å². The number of carboxylic acid groups (broad SMARTS) is 1. The topological polar surface area (TPSA) is 75.4 Å². The first-order valence-electron chi connectivity index (χ1n) is 6.59. The highest BCUT2D eigenvalue weighted by Gasteiger charge is 2.47. The van der Waals surface area contributed by atoms with Crippen molar-refractivity contribution in [3.8, 4) is 0 Å². The highest BCUT2D eigenvalue weighted by Crippen LogP contribution is 2.43. The first kappa shape index (κ1) is 12.2. The number of likely N-dealkylation sites (tertiary alicyclic amines) is 1. The zero-order valence-electron chi connectivity index (χ0n) is 10.8. The van der Waals surface area contributed by atoms with Gasteiger partial charge in [-0.15, -0.1) is 0 Å². The van der Waals surface area contributed by atoms with E-state index in [4.69, 9.17) is 0 Å². The second-order valence-corrected chi connectivity index (χ2v) is 5.39. The standard InChI is InChI=1S/C13H17N3O3/c1-15-7-14-6-10(15)12-9(13(18)19)4-5-11(17)16(12)8-2-3-8/h6-9,12H,2-5H2,1H3,(H,18,19)/t9-,12+/m1/s1. The van der Waals surface area contributed by atoms with Crippen molar-refractivity contribution in [1.82, 2.24) is 14.5 Å². The first-order chi connectivity index (χ1) is 9.09. The average molecular weight is 263 g/mol. The van der Waals surface area contributed by atoms with E-state index in [9.17, 15) is 14.7 Å². The molecule has 1 aliphatic carbocycles. The summed E-state index contributed by atoms with van der Waals surface area (Å²) >= 11 is 0. The molecule has 2 aliphatic rings. The van der Waals surface area contributed by atoms with Crippen LogP contribution in [-0.2, 0) is 16.6 Å². The Morgan fingerprint density at radius 3 is 2.68 bits per heavy atom. The van der Waals surface area contributed by atoms with Crippen LogP contribution in [0.25, 0.3) is 0 Å². The SMILES string of the molecule is Cn1cncc1[C@@H]1[C@H](C(=O)O)CCC(=O)N1C1CC1. The van der Waals surface area contributed by atoms with Crippen molar-refractivity contribution in [2.45, 2.75) is 37.8 Å². The minimum atomic E-state index is -0.829. The Hall–Kier alpha value is -1.85. The minimum absolute atomic E-state index is 0.0752. The summed E-state index contributed by atoms with van der Waals surface area (Å²) in [7, 11) is 1.84. The number of aryl methyl sites for hydroxylation is 1. The number of piperidine rings is 1. The Morgan fingerprint density at radius 2 is 2.16 bits per heavy atom. The maximum absolute atomic E-state index is 12.2. The van der Waals surface area contributed by atoms with Crippen LogP contribution in [0.15, 0.2) is 12.5 Å². The summed E-state index contributed by atoms with van der Waals surface area (Å²) < 4.78 is 1.81. The van der Waals surface area contributed by atoms with Crippen molar-refractivity contribution in [3.05, 3.63) is 18.2 Å². The molecular weight excluding hydrogens is 246 g/mol. The number of rotatable bonds is 3. The van der Waals surface area contributed by atoms with Crippen LogP contribution in [0.2, 0.25) is 0 Å². The molecule has 1 amide bonds. The van der Waals surface area contributed by atoms with Crippen LogP contribution in [0, 0.1) is 5.92 Å². The predicted molar refractivity (Wildman–Crippen MR) is 66.2 cm³/mol. The van der Waals surface area contributed by atoms with E-state index in [0.717, 1.165) is 18.5 Å². The number of aromatic nitrogens is 2. The van der Waals surface area contributed by atoms with Gasteiger partial charge in [0.2, 0.25) is 5.91 Å². The van der Waals surface area contributed by atoms with Crippen LogP contribution in [0.5, 0.6) is 0 Å². The van der Waals surface area contributed by atoms with Gasteiger partial charge in [-0.3, -0.25) is 9.59 Å². The van der Waals surface area contributed by atoms with E-state index in [2.05, 4.69) is 4.98 Å². The van der Waals surface area contributed by atoms with Crippen molar-refractivity contribution in [3.63, 3.8) is 0 Å². The molecule has 0 bridgehead atoms. The van der Waals surface area contributed by atoms with E-state index < -0.39 is 11.9 Å². The van der Waals surface area contributed by atoms with Gasteiger partial charge in [-0.05, 0) is 19.3 Å². The number of carboxylic acids is 1. The van der Waals surface area contributed by atoms with Crippen LogP contribution in [-0.4, -0.2) is 37.5 Å². The summed E-state index contributed by atoms with van der Waals surface area (Å²) in [5.41, 5.74) is 0.812. The highest BCUT2D eigenvalue weighted by atomic mass is 16.4. The first-order valence-corrected chi connectivity index (χ1v) is 6.59. The Labute approximate surface area is 111 Å². The quantitative estimate of drug-likeness (QED) is 0.880. The van der Waals surface area contributed by atoms with E-state index >= 15 is 0 Å². The fourth-order valence-corrected chi connectivity index (χ4v) is 2.96. The molecule has 1 saturated heterocycles. The van der Waals surface area contributed by atoms with Gasteiger partial charge >= 0.3 is 5.97 Å². The van der Waals surface area contributed by atoms with Crippen LogP contribution >= 0.6 is 0 Å². The third-order valence-electron chi connectivity index (χ3n) is 4.05.